The summed E-state index contributed by atoms with van der Waals surface area (Å²) in [7, 11) is 0. The number of fused-ring (bicyclic) bond motifs is 1. The van der Waals surface area contributed by atoms with Gasteiger partial charge >= 0.3 is 0 Å². The first-order valence-electron chi connectivity index (χ1n) is 9.53. The summed E-state index contributed by atoms with van der Waals surface area (Å²) in [5.74, 6) is -0.843. The van der Waals surface area contributed by atoms with Gasteiger partial charge in [-0.1, -0.05) is 23.7 Å². The van der Waals surface area contributed by atoms with Crippen molar-refractivity contribution in [3.63, 3.8) is 0 Å². The highest BCUT2D eigenvalue weighted by atomic mass is 35.5. The molecule has 0 unspecified atom stereocenters. The molecule has 0 saturated carbocycles. The predicted molar refractivity (Wildman–Crippen MR) is 115 cm³/mol. The first-order valence-corrected chi connectivity index (χ1v) is 9.91. The maximum Gasteiger partial charge on any atom is 0.272 e. The van der Waals surface area contributed by atoms with Crippen molar-refractivity contribution in [1.82, 2.24) is 5.43 Å². The number of carbonyl (C=O) groups excluding carboxylic acids is 2. The van der Waals surface area contributed by atoms with Gasteiger partial charge < -0.3 is 5.32 Å². The molecular formula is C21H21ClN4O4. The van der Waals surface area contributed by atoms with Crippen molar-refractivity contribution < 1.29 is 14.5 Å². The molecule has 1 aliphatic rings. The Hall–Kier alpha value is -3.26. The molecule has 0 radical (unpaired) electrons. The normalized spacial score (nSPS) is 13.3. The fourth-order valence-electron chi connectivity index (χ4n) is 3.37. The van der Waals surface area contributed by atoms with Crippen LogP contribution in [0.3, 0.4) is 0 Å². The average Bonchev–Trinajstić information content (AvgIpc) is 2.72. The van der Waals surface area contributed by atoms with Gasteiger partial charge in [0.15, 0.2) is 0 Å². The zero-order valence-electron chi connectivity index (χ0n) is 16.4. The van der Waals surface area contributed by atoms with Gasteiger partial charge in [-0.15, -0.1) is 0 Å². The molecule has 9 heteroatoms. The molecule has 2 aromatic carbocycles. The average molecular weight is 429 g/mol. The third kappa shape index (κ3) is 5.21. The number of nitrogens with one attached hydrogen (secondary N) is 2. The minimum Gasteiger partial charge on any atom is -0.325 e. The number of hydrazone groups is 1. The van der Waals surface area contributed by atoms with E-state index in [1.54, 1.807) is 6.92 Å². The fraction of sp³-hybridized carbons (Fsp3) is 0.286. The molecule has 0 fully saturated rings. The summed E-state index contributed by atoms with van der Waals surface area (Å²) in [5.41, 5.74) is 5.86. The quantitative estimate of drug-likeness (QED) is 0.406. The van der Waals surface area contributed by atoms with Crippen molar-refractivity contribution in [2.45, 2.75) is 39.0 Å². The second-order valence-electron chi connectivity index (χ2n) is 7.08. The number of nitrogens with zero attached hydrogens (tertiary/aromatic N) is 2. The molecule has 156 valence electrons. The van der Waals surface area contributed by atoms with E-state index in [4.69, 9.17) is 11.6 Å². The number of nitro groups is 1. The summed E-state index contributed by atoms with van der Waals surface area (Å²) < 4.78 is 0. The first kappa shape index (κ1) is 21.4. The molecule has 2 aromatic rings. The van der Waals surface area contributed by atoms with E-state index < -0.39 is 10.8 Å². The van der Waals surface area contributed by atoms with E-state index in [2.05, 4.69) is 21.9 Å². The Morgan fingerprint density at radius 1 is 1.20 bits per heavy atom. The number of hydrogen-bond donors (Lipinski definition) is 2. The third-order valence-electron chi connectivity index (χ3n) is 4.84. The van der Waals surface area contributed by atoms with Crippen LogP contribution in [0.1, 0.15) is 47.7 Å². The van der Waals surface area contributed by atoms with Crippen LogP contribution in [0.5, 0.6) is 0 Å². The van der Waals surface area contributed by atoms with Crippen LogP contribution >= 0.6 is 11.6 Å². The van der Waals surface area contributed by atoms with Crippen LogP contribution in [-0.2, 0) is 17.6 Å². The second kappa shape index (κ2) is 9.49. The Balaban J connectivity index is 1.59. The van der Waals surface area contributed by atoms with Gasteiger partial charge in [0.2, 0.25) is 5.91 Å². The van der Waals surface area contributed by atoms with Gasteiger partial charge in [-0.3, -0.25) is 19.7 Å². The van der Waals surface area contributed by atoms with Crippen molar-refractivity contribution in [3.05, 3.63) is 68.2 Å². The van der Waals surface area contributed by atoms with Gasteiger partial charge in [0.1, 0.15) is 0 Å². The van der Waals surface area contributed by atoms with Crippen LogP contribution in [0.25, 0.3) is 0 Å². The van der Waals surface area contributed by atoms with E-state index in [0.717, 1.165) is 37.4 Å². The SMILES string of the molecule is CC(CC(=O)Nc1cccc2c1CCCC2)=NNC(=O)c1ccc([N+](=O)[O-])cc1Cl. The summed E-state index contributed by atoms with van der Waals surface area (Å²) >= 11 is 5.94. The lowest BCUT2D eigenvalue weighted by molar-refractivity contribution is -0.384. The lowest BCUT2D eigenvalue weighted by Gasteiger charge is -2.19. The Labute approximate surface area is 178 Å². The van der Waals surface area contributed by atoms with Crippen molar-refractivity contribution in [3.8, 4) is 0 Å². The third-order valence-corrected chi connectivity index (χ3v) is 5.16. The summed E-state index contributed by atoms with van der Waals surface area (Å²) in [4.78, 5) is 34.8. The van der Waals surface area contributed by atoms with E-state index in [9.17, 15) is 19.7 Å². The number of carbonyl (C=O) groups is 2. The van der Waals surface area contributed by atoms with Crippen LogP contribution in [0.15, 0.2) is 41.5 Å². The summed E-state index contributed by atoms with van der Waals surface area (Å²) in [6, 6.07) is 9.47. The zero-order valence-corrected chi connectivity index (χ0v) is 17.2. The highest BCUT2D eigenvalue weighted by Gasteiger charge is 2.16. The van der Waals surface area contributed by atoms with Crippen LogP contribution in [0.4, 0.5) is 11.4 Å². The zero-order chi connectivity index (χ0) is 21.7. The summed E-state index contributed by atoms with van der Waals surface area (Å²) in [6.45, 7) is 1.62. The second-order valence-corrected chi connectivity index (χ2v) is 7.49. The van der Waals surface area contributed by atoms with Gasteiger partial charge in [-0.05, 0) is 55.9 Å². The molecule has 0 bridgehead atoms. The van der Waals surface area contributed by atoms with Crippen molar-refractivity contribution in [2.24, 2.45) is 5.10 Å². The maximum absolute atomic E-state index is 12.4. The molecule has 3 rings (SSSR count). The highest BCUT2D eigenvalue weighted by Crippen LogP contribution is 2.28. The first-order chi connectivity index (χ1) is 14.3. The van der Waals surface area contributed by atoms with E-state index in [0.29, 0.717) is 5.71 Å². The molecular weight excluding hydrogens is 408 g/mol. The van der Waals surface area contributed by atoms with Crippen LogP contribution in [0, 0.1) is 10.1 Å². The Bertz CT molecular complexity index is 1040. The van der Waals surface area contributed by atoms with Gasteiger partial charge in [0.25, 0.3) is 11.6 Å². The fourth-order valence-corrected chi connectivity index (χ4v) is 3.63. The number of non-ortho nitro benzene ring substituents is 1. The molecule has 2 N–H and O–H groups in total. The molecule has 0 aliphatic heterocycles. The van der Waals surface area contributed by atoms with Crippen molar-refractivity contribution in [2.75, 3.05) is 5.32 Å². The van der Waals surface area contributed by atoms with E-state index >= 15 is 0 Å². The Kier molecular flexibility index (Phi) is 6.79. The molecule has 2 amide bonds. The maximum atomic E-state index is 12.4. The number of anilines is 1. The molecule has 0 spiro atoms. The lowest BCUT2D eigenvalue weighted by Crippen LogP contribution is -2.22. The number of halogens is 1. The molecule has 0 saturated heterocycles. The highest BCUT2D eigenvalue weighted by molar-refractivity contribution is 6.34. The smallest absolute Gasteiger partial charge is 0.272 e. The summed E-state index contributed by atoms with van der Waals surface area (Å²) in [6.07, 6.45) is 4.26. The summed E-state index contributed by atoms with van der Waals surface area (Å²) in [5, 5.41) is 17.6. The van der Waals surface area contributed by atoms with Gasteiger partial charge in [-0.25, -0.2) is 5.43 Å². The van der Waals surface area contributed by atoms with E-state index in [-0.39, 0.29) is 28.6 Å². The molecule has 8 nitrogen and oxygen atoms in total. The number of nitro benzene ring substituents is 1. The molecule has 0 atom stereocenters. The Morgan fingerprint density at radius 3 is 2.70 bits per heavy atom. The monoisotopic (exact) mass is 428 g/mol. The van der Waals surface area contributed by atoms with Crippen molar-refractivity contribution >= 4 is 40.5 Å². The number of rotatable bonds is 6. The van der Waals surface area contributed by atoms with Gasteiger partial charge in [0, 0.05) is 23.5 Å². The number of amides is 2. The standard InChI is InChI=1S/C21H21ClN4O4/c1-13(24-25-21(28)17-10-9-15(26(29)30)12-18(17)22)11-20(27)23-19-8-4-6-14-5-2-3-7-16(14)19/h4,6,8-10,12H,2-3,5,7,11H2,1H3,(H,23,27)(H,25,28). The molecule has 1 aliphatic carbocycles. The number of aryl methyl sites for hydroxylation is 1. The largest absolute Gasteiger partial charge is 0.325 e. The topological polar surface area (TPSA) is 114 Å². The molecule has 0 heterocycles. The number of benzene rings is 2. The van der Waals surface area contributed by atoms with Crippen LogP contribution in [-0.4, -0.2) is 22.4 Å². The van der Waals surface area contributed by atoms with Gasteiger partial charge in [0.05, 0.1) is 21.9 Å². The van der Waals surface area contributed by atoms with E-state index in [1.165, 1.54) is 23.3 Å². The Morgan fingerprint density at radius 2 is 1.97 bits per heavy atom. The molecule has 30 heavy (non-hydrogen) atoms. The van der Waals surface area contributed by atoms with Crippen LogP contribution < -0.4 is 10.7 Å². The lowest BCUT2D eigenvalue weighted by atomic mass is 9.90. The van der Waals surface area contributed by atoms with Crippen molar-refractivity contribution in [1.29, 1.82) is 0 Å². The van der Waals surface area contributed by atoms with Crippen LogP contribution in [0.2, 0.25) is 5.02 Å². The minimum absolute atomic E-state index is 0.0118. The predicted octanol–water partition coefficient (Wildman–Crippen LogP) is 4.26. The van der Waals surface area contributed by atoms with E-state index in [1.807, 2.05) is 12.1 Å². The molecule has 0 aromatic heterocycles. The number of hydrogen-bond acceptors (Lipinski definition) is 5. The van der Waals surface area contributed by atoms with Gasteiger partial charge in [-0.2, -0.15) is 5.10 Å². The minimum atomic E-state index is -0.619.